The van der Waals surface area contributed by atoms with Crippen molar-refractivity contribution in [2.24, 2.45) is 15.7 Å². The minimum absolute atomic E-state index is 0.0898. The van der Waals surface area contributed by atoms with Gasteiger partial charge in [0.25, 0.3) is 0 Å². The Kier molecular flexibility index (Phi) is 5.57. The molecular weight excluding hydrogens is 194 g/mol. The highest BCUT2D eigenvalue weighted by molar-refractivity contribution is 7.83. The monoisotopic (exact) mass is 217 g/mol. The predicted octanol–water partition coefficient (Wildman–Crippen LogP) is 3.20. The highest BCUT2D eigenvalue weighted by atomic mass is 32.2. The van der Waals surface area contributed by atoms with Crippen LogP contribution in [0.15, 0.2) is 4.40 Å². The molecule has 0 aliphatic heterocycles. The van der Waals surface area contributed by atoms with Gasteiger partial charge in [-0.15, -0.1) is 0 Å². The number of rotatable bonds is 4. The van der Waals surface area contributed by atoms with Crippen LogP contribution in [-0.2, 0) is 11.0 Å². The molecule has 14 heavy (non-hydrogen) atoms. The molecule has 0 aromatic rings. The van der Waals surface area contributed by atoms with Crippen LogP contribution in [0.2, 0.25) is 0 Å². The lowest BCUT2D eigenvalue weighted by Gasteiger charge is -2.15. The fourth-order valence-corrected chi connectivity index (χ4v) is 2.43. The number of nitrogens with zero attached hydrogens (tertiary/aromatic N) is 1. The average molecular weight is 217 g/mol. The van der Waals surface area contributed by atoms with Crippen LogP contribution in [0, 0.1) is 11.3 Å². The molecule has 0 aliphatic carbocycles. The smallest absolute Gasteiger partial charge is 0.139 e. The lowest BCUT2D eigenvalue weighted by Crippen LogP contribution is -2.15. The normalized spacial score (nSPS) is 16.1. The van der Waals surface area contributed by atoms with Gasteiger partial charge in [-0.05, 0) is 24.7 Å². The van der Waals surface area contributed by atoms with Gasteiger partial charge in [0, 0.05) is 11.5 Å². The first kappa shape index (κ1) is 13.8. The summed E-state index contributed by atoms with van der Waals surface area (Å²) in [6.07, 6.45) is 0.940. The van der Waals surface area contributed by atoms with Gasteiger partial charge in [-0.25, -0.2) is 4.21 Å². The Morgan fingerprint density at radius 3 is 2.21 bits per heavy atom. The maximum atomic E-state index is 11.6. The van der Waals surface area contributed by atoms with Crippen molar-refractivity contribution in [3.63, 3.8) is 0 Å². The minimum atomic E-state index is -1.05. The van der Waals surface area contributed by atoms with E-state index in [2.05, 4.69) is 39.0 Å². The van der Waals surface area contributed by atoms with E-state index >= 15 is 0 Å². The van der Waals surface area contributed by atoms with E-state index in [0.29, 0.717) is 11.7 Å². The molecule has 1 unspecified atom stereocenters. The summed E-state index contributed by atoms with van der Waals surface area (Å²) in [7, 11) is -1.05. The van der Waals surface area contributed by atoms with Crippen molar-refractivity contribution in [2.75, 3.05) is 5.75 Å². The van der Waals surface area contributed by atoms with Crippen LogP contribution in [0.25, 0.3) is 0 Å². The van der Waals surface area contributed by atoms with Crippen LogP contribution in [0.5, 0.6) is 0 Å². The molecular formula is C11H23NOS. The van der Waals surface area contributed by atoms with Gasteiger partial charge in [0.15, 0.2) is 0 Å². The quantitative estimate of drug-likeness (QED) is 0.665. The topological polar surface area (TPSA) is 29.4 Å². The summed E-state index contributed by atoms with van der Waals surface area (Å²) in [5.41, 5.74) is 1.09. The fraction of sp³-hybridized carbons (Fsp3) is 0.909. The summed E-state index contributed by atoms with van der Waals surface area (Å²) in [6, 6.07) is 0. The lowest BCUT2D eigenvalue weighted by molar-refractivity contribution is 0.474. The molecule has 0 aliphatic rings. The standard InChI is InChI=1S/C11H23NOS/c1-9(2)7-10(3)12-14(13)8-11(4,5)6/h9H,7-8H2,1-6H3/b12-10+. The fourth-order valence-electron chi connectivity index (χ4n) is 1.20. The van der Waals surface area contributed by atoms with E-state index in [0.717, 1.165) is 12.1 Å². The van der Waals surface area contributed by atoms with Gasteiger partial charge in [0.1, 0.15) is 11.0 Å². The van der Waals surface area contributed by atoms with Crippen LogP contribution in [0.4, 0.5) is 0 Å². The Hall–Kier alpha value is -0.180. The first-order valence-corrected chi connectivity index (χ1v) is 6.41. The Labute approximate surface area is 90.8 Å². The Bertz CT molecular complexity index is 226. The molecule has 0 radical (unpaired) electrons. The molecule has 0 rings (SSSR count). The zero-order valence-electron chi connectivity index (χ0n) is 10.3. The largest absolute Gasteiger partial charge is 0.235 e. The second kappa shape index (κ2) is 5.64. The minimum Gasteiger partial charge on any atom is -0.235 e. The van der Waals surface area contributed by atoms with E-state index in [1.165, 1.54) is 0 Å². The van der Waals surface area contributed by atoms with Gasteiger partial charge in [0.05, 0.1) is 0 Å². The van der Waals surface area contributed by atoms with E-state index in [9.17, 15) is 4.21 Å². The molecule has 0 saturated heterocycles. The summed E-state index contributed by atoms with van der Waals surface area (Å²) < 4.78 is 15.8. The SMILES string of the molecule is C/C(CC(C)C)=N\S(=O)CC(C)(C)C. The zero-order valence-corrected chi connectivity index (χ0v) is 11.1. The third-order valence-electron chi connectivity index (χ3n) is 1.52. The highest BCUT2D eigenvalue weighted by Crippen LogP contribution is 2.15. The lowest BCUT2D eigenvalue weighted by atomic mass is 10.0. The van der Waals surface area contributed by atoms with E-state index in [4.69, 9.17) is 0 Å². The maximum Gasteiger partial charge on any atom is 0.139 e. The van der Waals surface area contributed by atoms with Crippen molar-refractivity contribution < 1.29 is 4.21 Å². The maximum absolute atomic E-state index is 11.6. The molecule has 0 bridgehead atoms. The molecule has 0 N–H and O–H groups in total. The highest BCUT2D eigenvalue weighted by Gasteiger charge is 2.14. The van der Waals surface area contributed by atoms with E-state index in [1.54, 1.807) is 0 Å². The van der Waals surface area contributed by atoms with Crippen LogP contribution >= 0.6 is 0 Å². The second-order valence-electron chi connectivity index (χ2n) is 5.45. The molecule has 0 fully saturated rings. The molecule has 0 saturated carbocycles. The van der Waals surface area contributed by atoms with Crippen LogP contribution in [0.3, 0.4) is 0 Å². The molecule has 84 valence electrons. The van der Waals surface area contributed by atoms with Crippen molar-refractivity contribution in [3.8, 4) is 0 Å². The van der Waals surface area contributed by atoms with Crippen LogP contribution in [-0.4, -0.2) is 15.7 Å². The third-order valence-corrected chi connectivity index (χ3v) is 3.15. The van der Waals surface area contributed by atoms with Crippen LogP contribution < -0.4 is 0 Å². The predicted molar refractivity (Wildman–Crippen MR) is 65.0 cm³/mol. The van der Waals surface area contributed by atoms with Gasteiger partial charge in [-0.1, -0.05) is 34.6 Å². The van der Waals surface area contributed by atoms with Crippen molar-refractivity contribution in [3.05, 3.63) is 0 Å². The average Bonchev–Trinajstić information content (AvgIpc) is 1.77. The Morgan fingerprint density at radius 1 is 1.36 bits per heavy atom. The molecule has 1 atom stereocenters. The van der Waals surface area contributed by atoms with E-state index in [1.807, 2.05) is 6.92 Å². The molecule has 0 amide bonds. The number of hydrogen-bond donors (Lipinski definition) is 0. The Balaban J connectivity index is 4.16. The summed E-state index contributed by atoms with van der Waals surface area (Å²) >= 11 is 0. The number of hydrogen-bond acceptors (Lipinski definition) is 1. The summed E-state index contributed by atoms with van der Waals surface area (Å²) in [5.74, 6) is 1.23. The second-order valence-corrected chi connectivity index (χ2v) is 6.57. The van der Waals surface area contributed by atoms with Crippen molar-refractivity contribution in [2.45, 2.75) is 48.0 Å². The van der Waals surface area contributed by atoms with Gasteiger partial charge in [-0.3, -0.25) is 0 Å². The van der Waals surface area contributed by atoms with E-state index in [-0.39, 0.29) is 5.41 Å². The molecule has 0 spiro atoms. The summed E-state index contributed by atoms with van der Waals surface area (Å²) in [6.45, 7) is 12.5. The van der Waals surface area contributed by atoms with Gasteiger partial charge in [0.2, 0.25) is 0 Å². The first-order valence-electron chi connectivity index (χ1n) is 5.13. The van der Waals surface area contributed by atoms with Crippen molar-refractivity contribution >= 4 is 16.7 Å². The molecule has 3 heteroatoms. The first-order chi connectivity index (χ1) is 6.20. The Morgan fingerprint density at radius 2 is 1.86 bits per heavy atom. The molecule has 0 aromatic heterocycles. The summed E-state index contributed by atoms with van der Waals surface area (Å²) in [4.78, 5) is 0. The zero-order chi connectivity index (χ0) is 11.4. The van der Waals surface area contributed by atoms with Gasteiger partial charge >= 0.3 is 0 Å². The van der Waals surface area contributed by atoms with Crippen molar-refractivity contribution in [1.29, 1.82) is 0 Å². The van der Waals surface area contributed by atoms with Gasteiger partial charge in [-0.2, -0.15) is 4.40 Å². The summed E-state index contributed by atoms with van der Waals surface area (Å²) in [5, 5.41) is 0. The van der Waals surface area contributed by atoms with Gasteiger partial charge < -0.3 is 0 Å². The molecule has 2 nitrogen and oxygen atoms in total. The van der Waals surface area contributed by atoms with Crippen LogP contribution in [0.1, 0.15) is 48.0 Å². The molecule has 0 aromatic carbocycles. The third kappa shape index (κ3) is 8.42. The van der Waals surface area contributed by atoms with E-state index < -0.39 is 11.0 Å². The van der Waals surface area contributed by atoms with Crippen molar-refractivity contribution in [1.82, 2.24) is 0 Å². The molecule has 0 heterocycles.